The number of piperazine rings is 1. The van der Waals surface area contributed by atoms with E-state index in [1.165, 1.54) is 29.8 Å². The molecular weight excluding hydrogens is 776 g/mol. The molecule has 8 nitrogen and oxygen atoms in total. The number of hydrogen-bond acceptors (Lipinski definition) is 7. The Bertz CT molecular complexity index is 1960. The molecule has 1 saturated carbocycles. The molecule has 4 aliphatic rings. The molecule has 2 aromatic carbocycles. The third-order valence-electron chi connectivity index (χ3n) is 13.3. The van der Waals surface area contributed by atoms with Crippen LogP contribution in [-0.2, 0) is 39.1 Å². The molecule has 3 atom stereocenters. The first-order valence-corrected chi connectivity index (χ1v) is 21.0. The molecule has 0 radical (unpaired) electrons. The van der Waals surface area contributed by atoms with E-state index in [4.69, 9.17) is 32.7 Å². The Balaban J connectivity index is 1.23. The fourth-order valence-corrected chi connectivity index (χ4v) is 10.7. The number of ether oxygens (including phenoxy) is 2. The monoisotopic (exact) mass is 828 g/mol. The number of benzene rings is 2. The molecule has 3 aromatic rings. The number of fused-ring (bicyclic) bond motifs is 3. The Kier molecular flexibility index (Phi) is 12.2. The van der Waals surface area contributed by atoms with Crippen LogP contribution in [0, 0.1) is 11.8 Å². The van der Waals surface area contributed by atoms with Crippen LogP contribution in [0.3, 0.4) is 0 Å². The van der Waals surface area contributed by atoms with E-state index in [9.17, 15) is 22.8 Å². The lowest BCUT2D eigenvalue weighted by atomic mass is 9.59. The van der Waals surface area contributed by atoms with Crippen LogP contribution in [0.5, 0.6) is 5.75 Å². The van der Waals surface area contributed by atoms with Gasteiger partial charge in [0.1, 0.15) is 11.3 Å². The van der Waals surface area contributed by atoms with Gasteiger partial charge < -0.3 is 14.4 Å². The molecule has 308 valence electrons. The Morgan fingerprint density at radius 2 is 1.79 bits per heavy atom. The van der Waals surface area contributed by atoms with Crippen LogP contribution < -0.4 is 9.64 Å². The summed E-state index contributed by atoms with van der Waals surface area (Å²) >= 11 is 13.3. The Labute approximate surface area is 344 Å². The van der Waals surface area contributed by atoms with Crippen molar-refractivity contribution in [2.24, 2.45) is 11.8 Å². The van der Waals surface area contributed by atoms with Crippen LogP contribution in [0.2, 0.25) is 10.0 Å². The number of pyridine rings is 1. The number of aryl methyl sites for hydroxylation is 1. The number of aromatic nitrogens is 1. The molecule has 13 heteroatoms. The third-order valence-corrected chi connectivity index (χ3v) is 13.9. The van der Waals surface area contributed by atoms with Crippen molar-refractivity contribution < 1.29 is 32.2 Å². The van der Waals surface area contributed by atoms with Crippen LogP contribution in [0.4, 0.5) is 18.9 Å². The van der Waals surface area contributed by atoms with Gasteiger partial charge in [-0.25, -0.2) is 4.79 Å². The molecular formula is C44H53Cl2F3N4O4. The number of hydrogen-bond donors (Lipinski definition) is 0. The number of carbonyl (C=O) groups excluding carboxylic acids is 2. The van der Waals surface area contributed by atoms with Gasteiger partial charge in [-0.3, -0.25) is 19.6 Å². The predicted octanol–water partition coefficient (Wildman–Crippen LogP) is 9.17. The average molecular weight is 830 g/mol. The van der Waals surface area contributed by atoms with Gasteiger partial charge in [0.05, 0.1) is 13.7 Å². The molecule has 0 N–H and O–H groups in total. The van der Waals surface area contributed by atoms with Gasteiger partial charge in [-0.1, -0.05) is 49.2 Å². The lowest BCUT2D eigenvalue weighted by molar-refractivity contribution is -0.174. The minimum atomic E-state index is -5.25. The summed E-state index contributed by atoms with van der Waals surface area (Å²) in [5, 5.41) is 0.853. The molecule has 7 rings (SSSR count). The molecule has 1 aromatic heterocycles. The molecule has 3 aliphatic carbocycles. The number of likely N-dealkylation sites (N-methyl/N-ethyl adjacent to an activating group) is 1. The number of rotatable bonds is 10. The molecule has 57 heavy (non-hydrogen) atoms. The van der Waals surface area contributed by atoms with Crippen molar-refractivity contribution in [2.45, 2.75) is 101 Å². The quantitative estimate of drug-likeness (QED) is 0.189. The van der Waals surface area contributed by atoms with Gasteiger partial charge in [0.2, 0.25) is 0 Å². The van der Waals surface area contributed by atoms with Crippen LogP contribution in [0.15, 0.2) is 48.7 Å². The van der Waals surface area contributed by atoms with Crippen LogP contribution in [0.1, 0.15) is 92.7 Å². The number of nitrogens with zero attached hydrogens (tertiary/aromatic N) is 4. The molecule has 2 heterocycles. The lowest BCUT2D eigenvalue weighted by Gasteiger charge is -2.51. The summed E-state index contributed by atoms with van der Waals surface area (Å²) in [6.45, 7) is 9.36. The highest BCUT2D eigenvalue weighted by molar-refractivity contribution is 6.31. The first-order chi connectivity index (χ1) is 27.1. The maximum absolute atomic E-state index is 14.5. The van der Waals surface area contributed by atoms with Gasteiger partial charge >= 0.3 is 18.1 Å². The van der Waals surface area contributed by atoms with Crippen molar-refractivity contribution in [3.05, 3.63) is 86.7 Å². The Morgan fingerprint density at radius 3 is 2.47 bits per heavy atom. The summed E-state index contributed by atoms with van der Waals surface area (Å²) < 4.78 is 55.2. The zero-order valence-electron chi connectivity index (χ0n) is 33.3. The van der Waals surface area contributed by atoms with Crippen molar-refractivity contribution in [1.82, 2.24) is 14.8 Å². The zero-order valence-corrected chi connectivity index (χ0v) is 34.8. The number of methoxy groups -OCH3 is 1. The van der Waals surface area contributed by atoms with E-state index in [-0.39, 0.29) is 35.4 Å². The number of halogens is 5. The smallest absolute Gasteiger partial charge is 0.471 e. The first-order valence-electron chi connectivity index (χ1n) is 20.2. The number of esters is 1. The topological polar surface area (TPSA) is 75.2 Å². The van der Waals surface area contributed by atoms with Crippen molar-refractivity contribution in [3.63, 3.8) is 0 Å². The first kappa shape index (κ1) is 41.8. The van der Waals surface area contributed by atoms with Gasteiger partial charge in [0.15, 0.2) is 0 Å². The number of anilines is 1. The molecule has 1 spiro atoms. The van der Waals surface area contributed by atoms with Gasteiger partial charge in [-0.2, -0.15) is 13.2 Å². The van der Waals surface area contributed by atoms with Crippen LogP contribution in [-0.4, -0.2) is 85.3 Å². The fourth-order valence-electron chi connectivity index (χ4n) is 10.3. The maximum Gasteiger partial charge on any atom is 0.471 e. The van der Waals surface area contributed by atoms with E-state index in [1.807, 2.05) is 12.3 Å². The van der Waals surface area contributed by atoms with Gasteiger partial charge in [0.25, 0.3) is 0 Å². The summed E-state index contributed by atoms with van der Waals surface area (Å²) in [5.41, 5.74) is 3.09. The number of carbonyl (C=O) groups is 2. The number of amides is 1. The minimum absolute atomic E-state index is 0.0354. The van der Waals surface area contributed by atoms with E-state index in [0.29, 0.717) is 41.8 Å². The van der Waals surface area contributed by atoms with E-state index in [1.54, 1.807) is 0 Å². The normalized spacial score (nSPS) is 25.8. The van der Waals surface area contributed by atoms with Gasteiger partial charge in [-0.15, -0.1) is 0 Å². The van der Waals surface area contributed by atoms with Gasteiger partial charge in [0, 0.05) is 65.9 Å². The second-order valence-corrected chi connectivity index (χ2v) is 17.8. The summed E-state index contributed by atoms with van der Waals surface area (Å²) in [7, 11) is 3.28. The second-order valence-electron chi connectivity index (χ2n) is 17.0. The third kappa shape index (κ3) is 8.28. The Morgan fingerprint density at radius 1 is 1.05 bits per heavy atom. The molecule has 2 fully saturated rings. The van der Waals surface area contributed by atoms with Crippen molar-refractivity contribution >= 4 is 40.8 Å². The van der Waals surface area contributed by atoms with Crippen molar-refractivity contribution in [2.75, 3.05) is 51.8 Å². The van der Waals surface area contributed by atoms with E-state index < -0.39 is 29.0 Å². The molecule has 0 bridgehead atoms. The van der Waals surface area contributed by atoms with E-state index >= 15 is 0 Å². The van der Waals surface area contributed by atoms with E-state index in [0.717, 1.165) is 93.5 Å². The van der Waals surface area contributed by atoms with Crippen LogP contribution >= 0.6 is 23.2 Å². The summed E-state index contributed by atoms with van der Waals surface area (Å²) in [6.07, 6.45) is 1.92. The largest absolute Gasteiger partial charge is 0.493 e. The maximum atomic E-state index is 14.5. The molecule has 1 amide bonds. The van der Waals surface area contributed by atoms with Crippen LogP contribution in [0.25, 0.3) is 0 Å². The summed E-state index contributed by atoms with van der Waals surface area (Å²) in [6, 6.07) is 11.9. The molecule has 1 aliphatic heterocycles. The van der Waals surface area contributed by atoms with Gasteiger partial charge in [-0.05, 0) is 135 Å². The zero-order chi connectivity index (χ0) is 40.7. The minimum Gasteiger partial charge on any atom is -0.493 e. The SMILES string of the molecule is COC(=O)C1(N(C(=O)C(F)(F)F)c2cccc(Cl)c2)CCC2(CC1)c1cc(CN3CCN(C)CC3)c(Cl)cc1C[C@@H]2C[C@@H](C)COc1ccnc2c1[C@H](C)CCC2. The van der Waals surface area contributed by atoms with Crippen molar-refractivity contribution in [1.29, 1.82) is 0 Å². The molecule has 0 unspecified atom stereocenters. The second kappa shape index (κ2) is 16.7. The standard InChI is InChI=1S/C44H53Cl2F3N4O4/c1-28(27-57-38-11-16-50-37-10-5-7-29(2)39(37)38)21-32-22-30-24-36(46)31(26-52-19-17-51(3)18-20-52)23-35(30)42(32)12-14-43(15-13-42,41(55)56-4)53(40(54)44(47,48)49)34-9-6-8-33(45)25-34/h6,8-9,11,16,23-25,28-29,32H,5,7,10,12-15,17-22,26-27H2,1-4H3/t28-,29-,32+,42?,43?/m1/s1. The lowest BCUT2D eigenvalue weighted by Crippen LogP contribution is -2.63. The Hall–Kier alpha value is -3.38. The fraction of sp³-hybridized carbons (Fsp3) is 0.568. The highest BCUT2D eigenvalue weighted by Crippen LogP contribution is 2.58. The van der Waals surface area contributed by atoms with E-state index in [2.05, 4.69) is 47.8 Å². The summed E-state index contributed by atoms with van der Waals surface area (Å²) in [4.78, 5) is 37.3. The average Bonchev–Trinajstić information content (AvgIpc) is 3.45. The predicted molar refractivity (Wildman–Crippen MR) is 216 cm³/mol. The highest BCUT2D eigenvalue weighted by Gasteiger charge is 2.60. The summed E-state index contributed by atoms with van der Waals surface area (Å²) in [5.74, 6) is -1.54. The molecule has 1 saturated heterocycles. The van der Waals surface area contributed by atoms with Crippen molar-refractivity contribution in [3.8, 4) is 5.75 Å². The highest BCUT2D eigenvalue weighted by atomic mass is 35.5. The number of alkyl halides is 3.